The Morgan fingerprint density at radius 1 is 1.56 bits per heavy atom. The molecule has 0 aromatic heterocycles. The van der Waals surface area contributed by atoms with Crippen molar-refractivity contribution in [3.05, 3.63) is 28.8 Å². The predicted octanol–water partition coefficient (Wildman–Crippen LogP) is 1.50. The van der Waals surface area contributed by atoms with Crippen molar-refractivity contribution in [3.8, 4) is 0 Å². The van der Waals surface area contributed by atoms with Crippen LogP contribution in [0.2, 0.25) is 5.02 Å². The van der Waals surface area contributed by atoms with E-state index in [1.807, 2.05) is 0 Å². The molecule has 0 bridgehead atoms. The highest BCUT2D eigenvalue weighted by atomic mass is 35.5. The third-order valence-electron chi connectivity index (χ3n) is 2.84. The SMILES string of the molecule is C[C@H](C(N)=O)C1C(=O)Nc2ccc(Cl)cc21. The van der Waals surface area contributed by atoms with Gasteiger partial charge in [0.15, 0.2) is 0 Å². The van der Waals surface area contributed by atoms with Crippen LogP contribution in [0.15, 0.2) is 18.2 Å². The molecule has 4 nitrogen and oxygen atoms in total. The molecular formula is C11H11ClN2O2. The predicted molar refractivity (Wildman–Crippen MR) is 61.2 cm³/mol. The summed E-state index contributed by atoms with van der Waals surface area (Å²) in [5.74, 6) is -1.78. The average molecular weight is 239 g/mol. The maximum atomic E-state index is 11.7. The average Bonchev–Trinajstić information content (AvgIpc) is 2.52. The number of fused-ring (bicyclic) bond motifs is 1. The molecule has 1 aliphatic rings. The number of halogens is 1. The normalized spacial score (nSPS) is 20.1. The minimum absolute atomic E-state index is 0.205. The minimum atomic E-state index is -0.542. The Kier molecular flexibility index (Phi) is 2.59. The van der Waals surface area contributed by atoms with E-state index in [0.717, 1.165) is 5.56 Å². The first kappa shape index (κ1) is 11.0. The quantitative estimate of drug-likeness (QED) is 0.820. The molecular weight excluding hydrogens is 228 g/mol. The molecule has 1 aromatic rings. The van der Waals surface area contributed by atoms with Crippen LogP contribution < -0.4 is 11.1 Å². The molecule has 1 aliphatic heterocycles. The molecule has 1 heterocycles. The number of carbonyl (C=O) groups is 2. The molecule has 0 aliphatic carbocycles. The Bertz CT molecular complexity index is 473. The molecule has 0 saturated carbocycles. The first-order valence-electron chi connectivity index (χ1n) is 4.90. The van der Waals surface area contributed by atoms with Gasteiger partial charge >= 0.3 is 0 Å². The van der Waals surface area contributed by atoms with Crippen LogP contribution in [0.1, 0.15) is 18.4 Å². The maximum absolute atomic E-state index is 11.7. The van der Waals surface area contributed by atoms with E-state index < -0.39 is 17.7 Å². The standard InChI is InChI=1S/C11H11ClN2O2/c1-5(10(13)15)9-7-4-6(12)2-3-8(7)14-11(9)16/h2-5,9H,1H3,(H2,13,15)(H,14,16)/t5-,9?/m0/s1. The molecule has 2 amide bonds. The number of nitrogens with two attached hydrogens (primary N) is 1. The van der Waals surface area contributed by atoms with Gasteiger partial charge in [-0.05, 0) is 23.8 Å². The summed E-state index contributed by atoms with van der Waals surface area (Å²) in [5.41, 5.74) is 6.66. The van der Waals surface area contributed by atoms with E-state index in [0.29, 0.717) is 10.7 Å². The first-order chi connectivity index (χ1) is 7.50. The largest absolute Gasteiger partial charge is 0.369 e. The summed E-state index contributed by atoms with van der Waals surface area (Å²) < 4.78 is 0. The van der Waals surface area contributed by atoms with Crippen molar-refractivity contribution in [2.75, 3.05) is 5.32 Å². The van der Waals surface area contributed by atoms with E-state index in [1.54, 1.807) is 25.1 Å². The monoisotopic (exact) mass is 238 g/mol. The van der Waals surface area contributed by atoms with E-state index in [9.17, 15) is 9.59 Å². The van der Waals surface area contributed by atoms with Gasteiger partial charge in [0.25, 0.3) is 0 Å². The maximum Gasteiger partial charge on any atom is 0.232 e. The van der Waals surface area contributed by atoms with E-state index in [1.165, 1.54) is 0 Å². The van der Waals surface area contributed by atoms with Gasteiger partial charge in [0, 0.05) is 10.7 Å². The Morgan fingerprint density at radius 2 is 2.25 bits per heavy atom. The lowest BCUT2D eigenvalue weighted by Gasteiger charge is -2.14. The van der Waals surface area contributed by atoms with E-state index in [4.69, 9.17) is 17.3 Å². The fourth-order valence-corrected chi connectivity index (χ4v) is 2.10. The van der Waals surface area contributed by atoms with E-state index in [-0.39, 0.29) is 5.91 Å². The van der Waals surface area contributed by atoms with Crippen molar-refractivity contribution < 1.29 is 9.59 Å². The van der Waals surface area contributed by atoms with Gasteiger partial charge in [-0.2, -0.15) is 0 Å². The van der Waals surface area contributed by atoms with Crippen molar-refractivity contribution in [2.24, 2.45) is 11.7 Å². The van der Waals surface area contributed by atoms with Crippen LogP contribution in [0.4, 0.5) is 5.69 Å². The molecule has 3 N–H and O–H groups in total. The lowest BCUT2D eigenvalue weighted by atomic mass is 9.88. The Balaban J connectivity index is 2.46. The third-order valence-corrected chi connectivity index (χ3v) is 3.07. The highest BCUT2D eigenvalue weighted by Crippen LogP contribution is 2.38. The van der Waals surface area contributed by atoms with E-state index >= 15 is 0 Å². The molecule has 1 unspecified atom stereocenters. The number of nitrogens with one attached hydrogen (secondary N) is 1. The second-order valence-electron chi connectivity index (χ2n) is 3.89. The molecule has 0 spiro atoms. The Labute approximate surface area is 97.8 Å². The van der Waals surface area contributed by atoms with Gasteiger partial charge in [0.1, 0.15) is 0 Å². The number of anilines is 1. The van der Waals surface area contributed by atoms with Gasteiger partial charge in [0.05, 0.1) is 11.8 Å². The summed E-state index contributed by atoms with van der Waals surface area (Å²) in [6, 6.07) is 5.11. The fraction of sp³-hybridized carbons (Fsp3) is 0.273. The van der Waals surface area contributed by atoms with Gasteiger partial charge in [-0.25, -0.2) is 0 Å². The van der Waals surface area contributed by atoms with Crippen LogP contribution in [-0.4, -0.2) is 11.8 Å². The number of carbonyl (C=O) groups excluding carboxylic acids is 2. The lowest BCUT2D eigenvalue weighted by Crippen LogP contribution is -2.30. The highest BCUT2D eigenvalue weighted by molar-refractivity contribution is 6.31. The zero-order chi connectivity index (χ0) is 11.9. The summed E-state index contributed by atoms with van der Waals surface area (Å²) in [6.07, 6.45) is 0. The highest BCUT2D eigenvalue weighted by Gasteiger charge is 2.37. The summed E-state index contributed by atoms with van der Waals surface area (Å²) >= 11 is 5.87. The van der Waals surface area contributed by atoms with Crippen molar-refractivity contribution in [3.63, 3.8) is 0 Å². The second-order valence-corrected chi connectivity index (χ2v) is 4.33. The molecule has 0 radical (unpaired) electrons. The molecule has 84 valence electrons. The van der Waals surface area contributed by atoms with Crippen molar-refractivity contribution >= 4 is 29.1 Å². The molecule has 5 heteroatoms. The number of hydrogen-bond donors (Lipinski definition) is 2. The fourth-order valence-electron chi connectivity index (χ4n) is 1.92. The summed E-state index contributed by atoms with van der Waals surface area (Å²) in [6.45, 7) is 1.64. The lowest BCUT2D eigenvalue weighted by molar-refractivity contribution is -0.126. The third kappa shape index (κ3) is 1.65. The Morgan fingerprint density at radius 3 is 2.88 bits per heavy atom. The minimum Gasteiger partial charge on any atom is -0.369 e. The zero-order valence-corrected chi connectivity index (χ0v) is 9.41. The number of benzene rings is 1. The van der Waals surface area contributed by atoms with Crippen LogP contribution in [0.5, 0.6) is 0 Å². The van der Waals surface area contributed by atoms with Crippen LogP contribution in [0.25, 0.3) is 0 Å². The molecule has 2 atom stereocenters. The van der Waals surface area contributed by atoms with Crippen LogP contribution in [0.3, 0.4) is 0 Å². The smallest absolute Gasteiger partial charge is 0.232 e. The molecule has 0 fully saturated rings. The summed E-state index contributed by atoms with van der Waals surface area (Å²) in [5, 5.41) is 3.24. The van der Waals surface area contributed by atoms with Crippen molar-refractivity contribution in [1.29, 1.82) is 0 Å². The number of primary amides is 1. The Hall–Kier alpha value is -1.55. The molecule has 2 rings (SSSR count). The van der Waals surface area contributed by atoms with Gasteiger partial charge in [0.2, 0.25) is 11.8 Å². The number of hydrogen-bond acceptors (Lipinski definition) is 2. The first-order valence-corrected chi connectivity index (χ1v) is 5.28. The molecule has 1 aromatic carbocycles. The van der Waals surface area contributed by atoms with Crippen LogP contribution in [-0.2, 0) is 9.59 Å². The molecule has 16 heavy (non-hydrogen) atoms. The summed E-state index contributed by atoms with van der Waals surface area (Å²) in [7, 11) is 0. The van der Waals surface area contributed by atoms with Crippen molar-refractivity contribution in [1.82, 2.24) is 0 Å². The van der Waals surface area contributed by atoms with Crippen LogP contribution >= 0.6 is 11.6 Å². The summed E-state index contributed by atoms with van der Waals surface area (Å²) in [4.78, 5) is 22.9. The van der Waals surface area contributed by atoms with Gasteiger partial charge in [-0.1, -0.05) is 18.5 Å². The topological polar surface area (TPSA) is 72.2 Å². The molecule has 0 saturated heterocycles. The van der Waals surface area contributed by atoms with Gasteiger partial charge in [-0.3, -0.25) is 9.59 Å². The zero-order valence-electron chi connectivity index (χ0n) is 8.66. The van der Waals surface area contributed by atoms with Crippen LogP contribution in [0, 0.1) is 5.92 Å². The second kappa shape index (κ2) is 3.79. The van der Waals surface area contributed by atoms with Gasteiger partial charge < -0.3 is 11.1 Å². The number of amides is 2. The number of rotatable bonds is 2. The van der Waals surface area contributed by atoms with Gasteiger partial charge in [-0.15, -0.1) is 0 Å². The van der Waals surface area contributed by atoms with E-state index in [2.05, 4.69) is 5.32 Å². The van der Waals surface area contributed by atoms with Crippen molar-refractivity contribution in [2.45, 2.75) is 12.8 Å².